The zero-order valence-electron chi connectivity index (χ0n) is 14.1. The second kappa shape index (κ2) is 6.63. The van der Waals surface area contributed by atoms with Gasteiger partial charge in [0.2, 0.25) is 0 Å². The van der Waals surface area contributed by atoms with E-state index < -0.39 is 0 Å². The first-order valence-electron chi connectivity index (χ1n) is 8.75. The van der Waals surface area contributed by atoms with Crippen LogP contribution < -0.4 is 0 Å². The Labute approximate surface area is 147 Å². The van der Waals surface area contributed by atoms with E-state index in [9.17, 15) is 4.79 Å². The van der Waals surface area contributed by atoms with Crippen molar-refractivity contribution in [3.63, 3.8) is 0 Å². The van der Waals surface area contributed by atoms with Crippen LogP contribution in [-0.4, -0.2) is 38.4 Å². The number of thioether (sulfide) groups is 1. The van der Waals surface area contributed by atoms with Crippen molar-refractivity contribution >= 4 is 17.7 Å². The third kappa shape index (κ3) is 2.75. The highest BCUT2D eigenvalue weighted by Gasteiger charge is 2.32. The quantitative estimate of drug-likeness (QED) is 0.840. The minimum absolute atomic E-state index is 0.114. The van der Waals surface area contributed by atoms with Crippen LogP contribution in [0.15, 0.2) is 30.3 Å². The highest BCUT2D eigenvalue weighted by molar-refractivity contribution is 7.99. The van der Waals surface area contributed by atoms with Crippen LogP contribution >= 0.6 is 11.8 Å². The van der Waals surface area contributed by atoms with Gasteiger partial charge in [-0.15, -0.1) is 0 Å². The molecule has 0 spiro atoms. The SMILES string of the molecule is Cc1nc(C(=O)N2CCSCC2c2ccccc2)c2n1CCCC2. The molecule has 1 unspecified atom stereocenters. The molecule has 126 valence electrons. The van der Waals surface area contributed by atoms with Gasteiger partial charge in [0.15, 0.2) is 0 Å². The summed E-state index contributed by atoms with van der Waals surface area (Å²) in [5, 5.41) is 0. The maximum absolute atomic E-state index is 13.3. The molecule has 24 heavy (non-hydrogen) atoms. The normalized spacial score (nSPS) is 20.7. The van der Waals surface area contributed by atoms with E-state index in [1.807, 2.05) is 29.7 Å². The molecular formula is C19H23N3OS. The fourth-order valence-corrected chi connectivity index (χ4v) is 4.92. The number of hydrogen-bond acceptors (Lipinski definition) is 3. The maximum atomic E-state index is 13.3. The molecule has 1 aromatic heterocycles. The third-order valence-corrected chi connectivity index (χ3v) is 6.11. The van der Waals surface area contributed by atoms with E-state index in [-0.39, 0.29) is 11.9 Å². The Morgan fingerprint density at radius 3 is 2.88 bits per heavy atom. The van der Waals surface area contributed by atoms with Crippen LogP contribution in [0.3, 0.4) is 0 Å². The molecule has 4 nitrogen and oxygen atoms in total. The minimum Gasteiger partial charge on any atom is -0.331 e. The van der Waals surface area contributed by atoms with Gasteiger partial charge in [0.05, 0.1) is 11.7 Å². The van der Waals surface area contributed by atoms with Crippen molar-refractivity contribution in [3.8, 4) is 0 Å². The number of amides is 1. The monoisotopic (exact) mass is 341 g/mol. The molecule has 0 saturated carbocycles. The van der Waals surface area contributed by atoms with Crippen LogP contribution in [0.25, 0.3) is 0 Å². The number of nitrogens with zero attached hydrogens (tertiary/aromatic N) is 3. The molecule has 0 bridgehead atoms. The fraction of sp³-hybridized carbons (Fsp3) is 0.474. The lowest BCUT2D eigenvalue weighted by atomic mass is 10.0. The summed E-state index contributed by atoms with van der Waals surface area (Å²) in [6.45, 7) is 3.82. The first kappa shape index (κ1) is 15.8. The first-order chi connectivity index (χ1) is 11.8. The maximum Gasteiger partial charge on any atom is 0.274 e. The molecule has 1 atom stereocenters. The van der Waals surface area contributed by atoms with Crippen molar-refractivity contribution in [1.29, 1.82) is 0 Å². The second-order valence-corrected chi connectivity index (χ2v) is 7.71. The molecule has 5 heteroatoms. The Kier molecular flexibility index (Phi) is 4.35. The molecule has 2 aliphatic heterocycles. The van der Waals surface area contributed by atoms with E-state index in [2.05, 4.69) is 33.8 Å². The Balaban J connectivity index is 1.68. The molecule has 4 rings (SSSR count). The number of benzene rings is 1. The Bertz CT molecular complexity index is 741. The van der Waals surface area contributed by atoms with Crippen LogP contribution in [-0.2, 0) is 13.0 Å². The smallest absolute Gasteiger partial charge is 0.274 e. The highest BCUT2D eigenvalue weighted by atomic mass is 32.2. The number of hydrogen-bond donors (Lipinski definition) is 0. The van der Waals surface area contributed by atoms with E-state index in [1.165, 1.54) is 12.0 Å². The Morgan fingerprint density at radius 2 is 2.04 bits per heavy atom. The number of rotatable bonds is 2. The van der Waals surface area contributed by atoms with Gasteiger partial charge in [-0.2, -0.15) is 11.8 Å². The molecule has 3 heterocycles. The van der Waals surface area contributed by atoms with Gasteiger partial charge in [0.25, 0.3) is 5.91 Å². The third-order valence-electron chi connectivity index (χ3n) is 5.08. The summed E-state index contributed by atoms with van der Waals surface area (Å²) in [5.41, 5.74) is 3.07. The van der Waals surface area contributed by atoms with Crippen molar-refractivity contribution in [1.82, 2.24) is 14.5 Å². The van der Waals surface area contributed by atoms with Crippen LogP contribution in [0, 0.1) is 6.92 Å². The fourth-order valence-electron chi connectivity index (χ4n) is 3.83. The standard InChI is InChI=1S/C19H23N3OS/c1-14-20-18(16-9-5-6-10-21(14)16)19(23)22-11-12-24-13-17(22)15-7-3-2-4-8-15/h2-4,7-8,17H,5-6,9-13H2,1H3. The van der Waals surface area contributed by atoms with Gasteiger partial charge in [-0.25, -0.2) is 4.98 Å². The summed E-state index contributed by atoms with van der Waals surface area (Å²) in [6.07, 6.45) is 3.31. The molecule has 1 aromatic carbocycles. The molecule has 2 aliphatic rings. The lowest BCUT2D eigenvalue weighted by Gasteiger charge is -2.35. The molecule has 0 aliphatic carbocycles. The average molecular weight is 341 g/mol. The summed E-state index contributed by atoms with van der Waals surface area (Å²) in [7, 11) is 0. The first-order valence-corrected chi connectivity index (χ1v) is 9.91. The van der Waals surface area contributed by atoms with Crippen LogP contribution in [0.2, 0.25) is 0 Å². The topological polar surface area (TPSA) is 38.1 Å². The largest absolute Gasteiger partial charge is 0.331 e. The van der Waals surface area contributed by atoms with E-state index in [1.54, 1.807) is 0 Å². The lowest BCUT2D eigenvalue weighted by Crippen LogP contribution is -2.41. The second-order valence-electron chi connectivity index (χ2n) is 6.56. The predicted molar refractivity (Wildman–Crippen MR) is 97.4 cm³/mol. The number of fused-ring (bicyclic) bond motifs is 1. The molecule has 2 aromatic rings. The van der Waals surface area contributed by atoms with Crippen molar-refractivity contribution in [3.05, 3.63) is 53.1 Å². The van der Waals surface area contributed by atoms with Gasteiger partial charge in [0, 0.05) is 24.6 Å². The van der Waals surface area contributed by atoms with E-state index >= 15 is 0 Å². The number of imidazole rings is 1. The van der Waals surface area contributed by atoms with Crippen LogP contribution in [0.4, 0.5) is 0 Å². The summed E-state index contributed by atoms with van der Waals surface area (Å²) in [4.78, 5) is 20.0. The van der Waals surface area contributed by atoms with Crippen molar-refractivity contribution in [2.24, 2.45) is 0 Å². The van der Waals surface area contributed by atoms with Crippen molar-refractivity contribution in [2.75, 3.05) is 18.1 Å². The molecular weight excluding hydrogens is 318 g/mol. The van der Waals surface area contributed by atoms with Gasteiger partial charge in [-0.3, -0.25) is 4.79 Å². The summed E-state index contributed by atoms with van der Waals surface area (Å²) in [5.74, 6) is 3.06. The van der Waals surface area contributed by atoms with E-state index in [0.717, 1.165) is 49.0 Å². The highest BCUT2D eigenvalue weighted by Crippen LogP contribution is 2.32. The minimum atomic E-state index is 0.114. The van der Waals surface area contributed by atoms with Gasteiger partial charge in [0.1, 0.15) is 11.5 Å². The number of aryl methyl sites for hydroxylation is 1. The van der Waals surface area contributed by atoms with Crippen LogP contribution in [0.5, 0.6) is 0 Å². The lowest BCUT2D eigenvalue weighted by molar-refractivity contribution is 0.0694. The Morgan fingerprint density at radius 1 is 1.21 bits per heavy atom. The molecule has 1 saturated heterocycles. The van der Waals surface area contributed by atoms with Crippen LogP contribution in [0.1, 0.15) is 46.5 Å². The van der Waals surface area contributed by atoms with E-state index in [4.69, 9.17) is 0 Å². The average Bonchev–Trinajstić information content (AvgIpc) is 2.99. The van der Waals surface area contributed by atoms with Gasteiger partial charge < -0.3 is 9.47 Å². The van der Waals surface area contributed by atoms with Crippen molar-refractivity contribution in [2.45, 2.75) is 38.8 Å². The molecule has 1 amide bonds. The summed E-state index contributed by atoms with van der Waals surface area (Å²) >= 11 is 1.93. The van der Waals surface area contributed by atoms with E-state index in [0.29, 0.717) is 5.69 Å². The summed E-state index contributed by atoms with van der Waals surface area (Å²) < 4.78 is 2.24. The van der Waals surface area contributed by atoms with Crippen molar-refractivity contribution < 1.29 is 4.79 Å². The number of carbonyl (C=O) groups excluding carboxylic acids is 1. The van der Waals surface area contributed by atoms with Gasteiger partial charge >= 0.3 is 0 Å². The number of carbonyl (C=O) groups is 1. The molecule has 0 N–H and O–H groups in total. The van der Waals surface area contributed by atoms with Gasteiger partial charge in [-0.1, -0.05) is 30.3 Å². The van der Waals surface area contributed by atoms with Gasteiger partial charge in [-0.05, 0) is 31.7 Å². The zero-order valence-corrected chi connectivity index (χ0v) is 14.9. The summed E-state index contributed by atoms with van der Waals surface area (Å²) in [6, 6.07) is 10.6. The Hall–Kier alpha value is -1.75. The molecule has 0 radical (unpaired) electrons. The molecule has 1 fully saturated rings. The predicted octanol–water partition coefficient (Wildman–Crippen LogP) is 3.46. The number of aromatic nitrogens is 2. The zero-order chi connectivity index (χ0) is 16.5.